The van der Waals surface area contributed by atoms with Crippen molar-refractivity contribution in [2.45, 2.75) is 138 Å². The van der Waals surface area contributed by atoms with Gasteiger partial charge in [-0.1, -0.05) is 279 Å². The normalized spacial score (nSPS) is 11.7. The summed E-state index contributed by atoms with van der Waals surface area (Å²) in [6.07, 6.45) is 0. The van der Waals surface area contributed by atoms with Gasteiger partial charge in [0.1, 0.15) is 0 Å². The number of para-hydroxylation sites is 2. The minimum atomic E-state index is 0.951. The van der Waals surface area contributed by atoms with Crippen molar-refractivity contribution in [1.82, 2.24) is 9.13 Å². The molecule has 0 saturated carbocycles. The van der Waals surface area contributed by atoms with E-state index in [-0.39, 0.29) is 0 Å². The van der Waals surface area contributed by atoms with Crippen LogP contribution in [0.3, 0.4) is 0 Å². The number of hydrogen-bond acceptors (Lipinski definition) is 0. The zero-order chi connectivity index (χ0) is 88.5. The second kappa shape index (κ2) is 32.7. The van der Waals surface area contributed by atoms with Gasteiger partial charge in [-0.25, -0.2) is 0 Å². The Balaban J connectivity index is 0.000000161. The number of aromatic nitrogens is 2. The third-order valence-corrected chi connectivity index (χ3v) is 30.2. The van der Waals surface area contributed by atoms with E-state index in [9.17, 15) is 0 Å². The van der Waals surface area contributed by atoms with Crippen molar-refractivity contribution in [2.75, 3.05) is 0 Å². The van der Waals surface area contributed by atoms with Crippen LogP contribution in [0.15, 0.2) is 315 Å². The van der Waals surface area contributed by atoms with Gasteiger partial charge in [-0.2, -0.15) is 0 Å². The van der Waals surface area contributed by atoms with Gasteiger partial charge in [0, 0.05) is 56.7 Å². The Labute approximate surface area is 755 Å². The van der Waals surface area contributed by atoms with Crippen molar-refractivity contribution in [3.63, 3.8) is 0 Å². The second-order valence-electron chi connectivity index (χ2n) is 36.3. The topological polar surface area (TPSA) is 9.86 Å². The van der Waals surface area contributed by atoms with Gasteiger partial charge in [-0.05, 0) is 416 Å². The molecule has 21 rings (SSSR count). The Kier molecular flexibility index (Phi) is 21.0. The quantitative estimate of drug-likeness (QED) is 0.102. The summed E-state index contributed by atoms with van der Waals surface area (Å²) in [4.78, 5) is 0. The summed E-state index contributed by atoms with van der Waals surface area (Å²) in [6.45, 7) is 43.7. The Morgan fingerprint density at radius 3 is 0.500 bits per heavy atom. The molecule has 624 valence electrons. The SMILES string of the molecule is CCn1c2ccccc2c2cc(-c3ccc(-c4ccc(-c5c6c(C)c(C)c(C)c(C)c6c(-c6ccc(-c7ccc(-c8ccccc8)cc7)cc6)c6c(C)c(C)c(C)c(C)c56)cc4)cc3)ccc21.CCn1c2ccccc2c2cc(-c3ccc(-c4ccc(-c5c6c(C)c(C)c(C)c(C)c6c(-c6ccc(-c7ccccc7)cc6)c6c(C)c(C)c(C)c(C)c56)cc4)cc3)ccc21. The van der Waals surface area contributed by atoms with Crippen LogP contribution in [-0.2, 0) is 13.1 Å². The highest BCUT2D eigenvalue weighted by Crippen LogP contribution is 2.54. The summed E-state index contributed by atoms with van der Waals surface area (Å²) in [5.41, 5.74) is 54.8. The number of rotatable bonds is 13. The van der Waals surface area contributed by atoms with E-state index in [0.717, 1.165) is 13.1 Å². The van der Waals surface area contributed by atoms with Gasteiger partial charge in [-0.15, -0.1) is 0 Å². The number of benzene rings is 19. The maximum absolute atomic E-state index is 2.42. The smallest absolute Gasteiger partial charge is 0.0491 e. The Bertz CT molecular complexity index is 7890. The zero-order valence-electron chi connectivity index (χ0n) is 77.3. The second-order valence-corrected chi connectivity index (χ2v) is 36.3. The molecule has 0 atom stereocenters. The molecule has 0 aliphatic rings. The largest absolute Gasteiger partial charge is 0.341 e. The first kappa shape index (κ1) is 82.1. The summed E-state index contributed by atoms with van der Waals surface area (Å²) in [7, 11) is 0. The third-order valence-electron chi connectivity index (χ3n) is 30.2. The molecule has 0 bridgehead atoms. The fourth-order valence-corrected chi connectivity index (χ4v) is 21.7. The average Bonchev–Trinajstić information content (AvgIpc) is 0.882. The van der Waals surface area contributed by atoms with Gasteiger partial charge in [0.25, 0.3) is 0 Å². The monoisotopic (exact) mass is 1650 g/mol. The van der Waals surface area contributed by atoms with Crippen LogP contribution in [0.2, 0.25) is 0 Å². The fraction of sp³-hybridized carbons (Fsp3) is 0.159. The first-order valence-corrected chi connectivity index (χ1v) is 45.9. The third kappa shape index (κ3) is 13.4. The van der Waals surface area contributed by atoms with E-state index in [1.807, 2.05) is 0 Å². The van der Waals surface area contributed by atoms with Crippen LogP contribution in [0, 0.1) is 111 Å². The van der Waals surface area contributed by atoms with Crippen LogP contribution in [-0.4, -0.2) is 9.13 Å². The van der Waals surface area contributed by atoms with E-state index in [1.165, 1.54) is 298 Å². The van der Waals surface area contributed by atoms with Gasteiger partial charge < -0.3 is 9.13 Å². The summed E-state index contributed by atoms with van der Waals surface area (Å²) < 4.78 is 4.84. The molecule has 128 heavy (non-hydrogen) atoms. The summed E-state index contributed by atoms with van der Waals surface area (Å²) in [5.74, 6) is 0. The van der Waals surface area contributed by atoms with E-state index in [1.54, 1.807) is 0 Å². The van der Waals surface area contributed by atoms with E-state index in [4.69, 9.17) is 0 Å². The van der Waals surface area contributed by atoms with Crippen molar-refractivity contribution >= 4 is 86.7 Å². The lowest BCUT2D eigenvalue weighted by atomic mass is 9.76. The van der Waals surface area contributed by atoms with E-state index in [2.05, 4.69) is 449 Å². The van der Waals surface area contributed by atoms with Gasteiger partial charge in [0.15, 0.2) is 0 Å². The van der Waals surface area contributed by atoms with Crippen molar-refractivity contribution in [2.24, 2.45) is 0 Å². The minimum absolute atomic E-state index is 0.951. The lowest BCUT2D eigenvalue weighted by Crippen LogP contribution is -2.03. The van der Waals surface area contributed by atoms with Crippen molar-refractivity contribution < 1.29 is 0 Å². The molecule has 0 fully saturated rings. The predicted molar refractivity (Wildman–Crippen MR) is 556 cm³/mol. The van der Waals surface area contributed by atoms with Gasteiger partial charge in [0.2, 0.25) is 0 Å². The Morgan fingerprint density at radius 2 is 0.297 bits per heavy atom. The Hall–Kier alpha value is -14.2. The van der Waals surface area contributed by atoms with Crippen LogP contribution in [0.5, 0.6) is 0 Å². The van der Waals surface area contributed by atoms with Gasteiger partial charge in [0.05, 0.1) is 0 Å². The van der Waals surface area contributed by atoms with E-state index in [0.29, 0.717) is 0 Å². The molecule has 2 aromatic heterocycles. The molecule has 0 aliphatic heterocycles. The highest BCUT2D eigenvalue weighted by molar-refractivity contribution is 6.27. The molecule has 0 aliphatic carbocycles. The molecular formula is C126H110N2. The fourth-order valence-electron chi connectivity index (χ4n) is 21.7. The van der Waals surface area contributed by atoms with Gasteiger partial charge in [-0.3, -0.25) is 0 Å². The van der Waals surface area contributed by atoms with Crippen LogP contribution in [0.25, 0.3) is 209 Å². The zero-order valence-corrected chi connectivity index (χ0v) is 77.3. The lowest BCUT2D eigenvalue weighted by molar-refractivity contribution is 0.827. The summed E-state index contributed by atoms with van der Waals surface area (Å²) in [6, 6.07) is 118. The van der Waals surface area contributed by atoms with Crippen molar-refractivity contribution in [3.8, 4) is 122 Å². The van der Waals surface area contributed by atoms with Crippen molar-refractivity contribution in [3.05, 3.63) is 404 Å². The first-order chi connectivity index (χ1) is 62.1. The minimum Gasteiger partial charge on any atom is -0.341 e. The summed E-state index contributed by atoms with van der Waals surface area (Å²) in [5, 5.41) is 16.2. The Morgan fingerprint density at radius 1 is 0.141 bits per heavy atom. The standard InChI is InChI=1S/C66H57N.C60H53N/c1-10-67-59-19-15-14-18-57(59)58-38-56(36-37-60(58)67)53-26-24-50(25-27-53)52-30-34-55(35-31-52)66-63-45(8)41(4)39(2)43(6)61(63)65(62-44(7)40(3)42(5)46(9)64(62)66)54-32-28-51(29-33-54)49-22-20-48(21-23-49)47-16-12-11-13-17-47;1-10-61-53-19-15-14-18-51(53)52-34-50(32-33-54(52)61)47-22-20-45(21-23-47)46-26-30-49(31-27-46)60-57-41(8)37(4)35(2)39(6)55(57)59(56-40(7)36(3)38(5)42(9)58(56)60)48-28-24-44(25-29-48)43-16-12-11-13-17-43/h11-38H,10H2,1-9H3;11-34H,10H2,1-9H3. The number of fused-ring (bicyclic) bond motifs is 10. The van der Waals surface area contributed by atoms with Crippen LogP contribution >= 0.6 is 0 Å². The molecule has 0 unspecified atom stereocenters. The van der Waals surface area contributed by atoms with Crippen LogP contribution in [0.1, 0.15) is 103 Å². The molecule has 0 amide bonds. The molecule has 2 heteroatoms. The lowest BCUT2D eigenvalue weighted by Gasteiger charge is -2.27. The van der Waals surface area contributed by atoms with Crippen molar-refractivity contribution in [1.29, 1.82) is 0 Å². The molecule has 2 nitrogen and oxygen atoms in total. The average molecular weight is 1650 g/mol. The maximum Gasteiger partial charge on any atom is 0.0491 e. The molecule has 19 aromatic carbocycles. The predicted octanol–water partition coefficient (Wildman–Crippen LogP) is 35.5. The molecule has 0 spiro atoms. The van der Waals surface area contributed by atoms with Crippen LogP contribution in [0.4, 0.5) is 0 Å². The highest BCUT2D eigenvalue weighted by atomic mass is 15.0. The molecule has 21 aromatic rings. The highest BCUT2D eigenvalue weighted by Gasteiger charge is 2.30. The molecule has 0 N–H and O–H groups in total. The molecule has 0 saturated heterocycles. The maximum atomic E-state index is 2.42. The number of nitrogens with zero attached hydrogens (tertiary/aromatic N) is 2. The molecule has 0 radical (unpaired) electrons. The summed E-state index contributed by atoms with van der Waals surface area (Å²) >= 11 is 0. The number of aryl methyl sites for hydroxylation is 10. The first-order valence-electron chi connectivity index (χ1n) is 45.9. The molecular weight excluding hydrogens is 1540 g/mol. The number of hydrogen-bond donors (Lipinski definition) is 0. The molecule has 2 heterocycles. The van der Waals surface area contributed by atoms with E-state index >= 15 is 0 Å². The van der Waals surface area contributed by atoms with Crippen LogP contribution < -0.4 is 0 Å². The van der Waals surface area contributed by atoms with Gasteiger partial charge >= 0.3 is 0 Å². The van der Waals surface area contributed by atoms with E-state index < -0.39 is 0 Å².